The monoisotopic (exact) mass is 243 g/mol. The summed E-state index contributed by atoms with van der Waals surface area (Å²) in [6.45, 7) is 2.18. The van der Waals surface area contributed by atoms with Gasteiger partial charge in [-0.3, -0.25) is 4.57 Å². The molecule has 0 saturated carbocycles. The highest BCUT2D eigenvalue weighted by Gasteiger charge is 2.27. The first-order chi connectivity index (χ1) is 8.15. The van der Waals surface area contributed by atoms with E-state index in [1.165, 1.54) is 4.57 Å². The number of ether oxygens (including phenoxy) is 1. The topological polar surface area (TPSA) is 66.1 Å². The van der Waals surface area contributed by atoms with Crippen LogP contribution in [0.4, 0.5) is 4.39 Å². The highest BCUT2D eigenvalue weighted by molar-refractivity contribution is 5.72. The molecule has 0 amide bonds. The SMILES string of the molecule is CCOC(=O)C(F)n1nc2n(c1=O)CCCC2. The van der Waals surface area contributed by atoms with Crippen molar-refractivity contribution in [2.45, 2.75) is 39.0 Å². The Hall–Kier alpha value is -1.66. The molecule has 1 aromatic rings. The van der Waals surface area contributed by atoms with Gasteiger partial charge in [0.05, 0.1) is 6.61 Å². The van der Waals surface area contributed by atoms with Crippen LogP contribution in [0.1, 0.15) is 31.9 Å². The summed E-state index contributed by atoms with van der Waals surface area (Å²) in [4.78, 5) is 23.0. The van der Waals surface area contributed by atoms with E-state index in [0.29, 0.717) is 23.5 Å². The molecule has 17 heavy (non-hydrogen) atoms. The van der Waals surface area contributed by atoms with Crippen LogP contribution in [0.25, 0.3) is 0 Å². The Balaban J connectivity index is 2.30. The number of aryl methyl sites for hydroxylation is 1. The maximum atomic E-state index is 13.7. The van der Waals surface area contributed by atoms with E-state index in [2.05, 4.69) is 9.84 Å². The second kappa shape index (κ2) is 4.68. The summed E-state index contributed by atoms with van der Waals surface area (Å²) in [5, 5.41) is 3.84. The molecule has 1 atom stereocenters. The second-order valence-corrected chi connectivity index (χ2v) is 3.84. The first kappa shape index (κ1) is 11.8. The summed E-state index contributed by atoms with van der Waals surface area (Å²) in [7, 11) is 0. The van der Waals surface area contributed by atoms with Crippen LogP contribution in [-0.4, -0.2) is 26.9 Å². The lowest BCUT2D eigenvalue weighted by molar-refractivity contribution is -0.153. The lowest BCUT2D eigenvalue weighted by Gasteiger charge is -2.09. The number of carbonyl (C=O) groups is 1. The first-order valence-corrected chi connectivity index (χ1v) is 5.64. The average molecular weight is 243 g/mol. The molecule has 94 valence electrons. The molecule has 0 saturated heterocycles. The normalized spacial score (nSPS) is 16.4. The summed E-state index contributed by atoms with van der Waals surface area (Å²) in [6, 6.07) is 0. The Kier molecular flexibility index (Phi) is 3.26. The Morgan fingerprint density at radius 2 is 2.35 bits per heavy atom. The molecule has 2 heterocycles. The molecule has 1 aliphatic rings. The minimum atomic E-state index is -2.15. The number of rotatable bonds is 3. The summed E-state index contributed by atoms with van der Waals surface area (Å²) < 4.78 is 20.2. The standard InChI is InChI=1S/C10H14FN3O3/c1-2-17-9(15)8(11)14-10(16)13-6-4-3-5-7(13)12-14/h8H,2-6H2,1H3. The van der Waals surface area contributed by atoms with Gasteiger partial charge < -0.3 is 4.74 Å². The number of halogens is 1. The van der Waals surface area contributed by atoms with Gasteiger partial charge in [-0.05, 0) is 19.8 Å². The minimum absolute atomic E-state index is 0.0710. The number of hydrogen-bond acceptors (Lipinski definition) is 4. The molecule has 0 aromatic carbocycles. The predicted octanol–water partition coefficient (Wildman–Crippen LogP) is 0.412. The summed E-state index contributed by atoms with van der Waals surface area (Å²) >= 11 is 0. The van der Waals surface area contributed by atoms with E-state index in [4.69, 9.17) is 0 Å². The van der Waals surface area contributed by atoms with Crippen LogP contribution >= 0.6 is 0 Å². The van der Waals surface area contributed by atoms with Gasteiger partial charge in [-0.25, -0.2) is 14.0 Å². The number of esters is 1. The molecule has 0 radical (unpaired) electrons. The van der Waals surface area contributed by atoms with Gasteiger partial charge in [0.1, 0.15) is 5.82 Å². The van der Waals surface area contributed by atoms with Crippen LogP contribution < -0.4 is 5.69 Å². The van der Waals surface area contributed by atoms with Crippen molar-refractivity contribution in [1.29, 1.82) is 0 Å². The van der Waals surface area contributed by atoms with Gasteiger partial charge in [-0.1, -0.05) is 0 Å². The average Bonchev–Trinajstić information content (AvgIpc) is 2.67. The van der Waals surface area contributed by atoms with Gasteiger partial charge in [0.15, 0.2) is 0 Å². The Morgan fingerprint density at radius 3 is 3.00 bits per heavy atom. The Bertz CT molecular complexity index is 480. The fraction of sp³-hybridized carbons (Fsp3) is 0.700. The number of fused-ring (bicyclic) bond motifs is 1. The molecule has 1 aliphatic heterocycles. The lowest BCUT2D eigenvalue weighted by Crippen LogP contribution is -2.31. The third kappa shape index (κ3) is 2.09. The molecule has 1 aromatic heterocycles. The molecular weight excluding hydrogens is 229 g/mol. The van der Waals surface area contributed by atoms with Crippen molar-refractivity contribution in [3.63, 3.8) is 0 Å². The fourth-order valence-corrected chi connectivity index (χ4v) is 1.88. The fourth-order valence-electron chi connectivity index (χ4n) is 1.88. The maximum Gasteiger partial charge on any atom is 0.364 e. The highest BCUT2D eigenvalue weighted by Crippen LogP contribution is 2.13. The molecule has 2 rings (SSSR count). The quantitative estimate of drug-likeness (QED) is 0.721. The largest absolute Gasteiger partial charge is 0.462 e. The molecule has 6 nitrogen and oxygen atoms in total. The molecule has 0 bridgehead atoms. The van der Waals surface area contributed by atoms with Crippen molar-refractivity contribution in [1.82, 2.24) is 14.3 Å². The second-order valence-electron chi connectivity index (χ2n) is 3.84. The maximum absolute atomic E-state index is 13.7. The molecule has 1 unspecified atom stereocenters. The number of alkyl halides is 1. The van der Waals surface area contributed by atoms with Crippen molar-refractivity contribution in [3.05, 3.63) is 16.3 Å². The van der Waals surface area contributed by atoms with Gasteiger partial charge in [0, 0.05) is 13.0 Å². The van der Waals surface area contributed by atoms with E-state index in [-0.39, 0.29) is 6.61 Å². The van der Waals surface area contributed by atoms with E-state index in [1.54, 1.807) is 6.92 Å². The molecule has 0 spiro atoms. The molecular formula is C10H14FN3O3. The summed E-state index contributed by atoms with van der Waals surface area (Å²) in [5.74, 6) is -0.543. The van der Waals surface area contributed by atoms with Crippen LogP contribution in [0.15, 0.2) is 4.79 Å². The number of nitrogens with zero attached hydrogens (tertiary/aromatic N) is 3. The van der Waals surface area contributed by atoms with Crippen molar-refractivity contribution in [2.75, 3.05) is 6.61 Å². The zero-order chi connectivity index (χ0) is 12.4. The van der Waals surface area contributed by atoms with E-state index < -0.39 is 18.0 Å². The van der Waals surface area contributed by atoms with Crippen molar-refractivity contribution >= 4 is 5.97 Å². The Labute approximate surface area is 97.0 Å². The third-order valence-corrected chi connectivity index (χ3v) is 2.69. The van der Waals surface area contributed by atoms with Crippen molar-refractivity contribution in [3.8, 4) is 0 Å². The van der Waals surface area contributed by atoms with Gasteiger partial charge in [0.25, 0.3) is 6.30 Å². The van der Waals surface area contributed by atoms with Crippen LogP contribution in [-0.2, 0) is 22.5 Å². The van der Waals surface area contributed by atoms with Crippen molar-refractivity contribution < 1.29 is 13.9 Å². The Morgan fingerprint density at radius 1 is 1.59 bits per heavy atom. The predicted molar refractivity (Wildman–Crippen MR) is 56.2 cm³/mol. The zero-order valence-electron chi connectivity index (χ0n) is 9.56. The van der Waals surface area contributed by atoms with E-state index in [1.807, 2.05) is 0 Å². The van der Waals surface area contributed by atoms with E-state index >= 15 is 0 Å². The van der Waals surface area contributed by atoms with E-state index in [0.717, 1.165) is 12.8 Å². The van der Waals surface area contributed by atoms with Crippen LogP contribution in [0, 0.1) is 0 Å². The van der Waals surface area contributed by atoms with Crippen LogP contribution in [0.3, 0.4) is 0 Å². The molecule has 0 fully saturated rings. The van der Waals surface area contributed by atoms with Crippen molar-refractivity contribution in [2.24, 2.45) is 0 Å². The zero-order valence-corrected chi connectivity index (χ0v) is 9.56. The summed E-state index contributed by atoms with van der Waals surface area (Å²) in [6.07, 6.45) is 0.278. The number of hydrogen-bond donors (Lipinski definition) is 0. The molecule has 0 aliphatic carbocycles. The minimum Gasteiger partial charge on any atom is -0.462 e. The third-order valence-electron chi connectivity index (χ3n) is 2.69. The molecule has 7 heteroatoms. The van der Waals surface area contributed by atoms with E-state index in [9.17, 15) is 14.0 Å². The first-order valence-electron chi connectivity index (χ1n) is 5.64. The summed E-state index contributed by atoms with van der Waals surface area (Å²) in [5.41, 5.74) is -0.583. The van der Waals surface area contributed by atoms with Gasteiger partial charge in [0.2, 0.25) is 0 Å². The smallest absolute Gasteiger partial charge is 0.364 e. The van der Waals surface area contributed by atoms with Crippen LogP contribution in [0.2, 0.25) is 0 Å². The lowest BCUT2D eigenvalue weighted by atomic mass is 10.2. The highest BCUT2D eigenvalue weighted by atomic mass is 19.1. The van der Waals surface area contributed by atoms with Gasteiger partial charge in [-0.15, -0.1) is 0 Å². The van der Waals surface area contributed by atoms with Gasteiger partial charge >= 0.3 is 11.7 Å². The number of carbonyl (C=O) groups excluding carboxylic acids is 1. The number of aromatic nitrogens is 3. The molecule has 0 N–H and O–H groups in total. The van der Waals surface area contributed by atoms with Gasteiger partial charge in [-0.2, -0.15) is 9.78 Å². The van der Waals surface area contributed by atoms with Crippen LogP contribution in [0.5, 0.6) is 0 Å².